The fourth-order valence-electron chi connectivity index (χ4n) is 3.38. The lowest BCUT2D eigenvalue weighted by Crippen LogP contribution is -2.43. The van der Waals surface area contributed by atoms with E-state index in [0.717, 1.165) is 25.7 Å². The summed E-state index contributed by atoms with van der Waals surface area (Å²) in [4.78, 5) is 1.86. The van der Waals surface area contributed by atoms with Crippen molar-refractivity contribution in [1.29, 1.82) is 0 Å². The number of hydrogen-bond donors (Lipinski definition) is 4. The van der Waals surface area contributed by atoms with Crippen LogP contribution in [-0.4, -0.2) is 76.0 Å². The second-order valence-corrected chi connectivity index (χ2v) is 7.54. The molecule has 1 fully saturated rings. The molecular weight excluding hydrogens is 358 g/mol. The van der Waals surface area contributed by atoms with Gasteiger partial charge in [-0.15, -0.1) is 0 Å². The lowest BCUT2D eigenvalue weighted by Gasteiger charge is -2.22. The maximum atomic E-state index is 9.85. The van der Waals surface area contributed by atoms with Crippen LogP contribution in [0.4, 0.5) is 0 Å². The number of aliphatic hydroxyl groups excluding tert-OH is 4. The number of aliphatic hydroxyl groups is 4. The normalized spacial score (nSPS) is 26.6. The van der Waals surface area contributed by atoms with Crippen LogP contribution in [0.1, 0.15) is 37.3 Å². The molecule has 0 spiro atoms. The molecular formula is C22H35NO5. The molecule has 28 heavy (non-hydrogen) atoms. The molecule has 1 aromatic rings. The first-order valence-electron chi connectivity index (χ1n) is 10.3. The number of aryl methyl sites for hydroxylation is 1. The minimum absolute atomic E-state index is 0.239. The van der Waals surface area contributed by atoms with Crippen LogP contribution in [-0.2, 0) is 17.8 Å². The smallest absolute Gasteiger partial charge is 0.110 e. The van der Waals surface area contributed by atoms with Gasteiger partial charge in [0.1, 0.15) is 12.2 Å². The quantitative estimate of drug-likeness (QED) is 0.353. The Labute approximate surface area is 168 Å². The van der Waals surface area contributed by atoms with Crippen molar-refractivity contribution in [3.63, 3.8) is 0 Å². The summed E-state index contributed by atoms with van der Waals surface area (Å²) in [5.74, 6) is 0. The highest BCUT2D eigenvalue weighted by Crippen LogP contribution is 2.14. The van der Waals surface area contributed by atoms with Crippen LogP contribution in [0, 0.1) is 0 Å². The topological polar surface area (TPSA) is 93.4 Å². The summed E-state index contributed by atoms with van der Waals surface area (Å²) in [5, 5.41) is 39.1. The molecule has 0 radical (unpaired) electrons. The highest BCUT2D eigenvalue weighted by molar-refractivity contribution is 5.22. The summed E-state index contributed by atoms with van der Waals surface area (Å²) in [6.45, 7) is 4.59. The largest absolute Gasteiger partial charge is 0.389 e. The molecule has 1 heterocycles. The molecule has 6 nitrogen and oxygen atoms in total. The molecule has 158 valence electrons. The Morgan fingerprint density at radius 3 is 2.11 bits per heavy atom. The third-order valence-corrected chi connectivity index (χ3v) is 5.07. The molecule has 1 saturated heterocycles. The molecule has 6 heteroatoms. The monoisotopic (exact) mass is 393 g/mol. The Bertz CT molecular complexity index is 561. The third-order valence-electron chi connectivity index (χ3n) is 5.07. The minimum Gasteiger partial charge on any atom is -0.389 e. The number of likely N-dealkylation sites (tertiary alicyclic amines) is 1. The van der Waals surface area contributed by atoms with Gasteiger partial charge in [-0.05, 0) is 30.4 Å². The third kappa shape index (κ3) is 7.62. The van der Waals surface area contributed by atoms with Crippen molar-refractivity contribution in [1.82, 2.24) is 4.90 Å². The number of β-amino-alcohol motifs (C(OH)–C–C–N with tert-alkyl or cyclic N) is 2. The molecule has 0 aromatic heterocycles. The van der Waals surface area contributed by atoms with E-state index < -0.39 is 24.4 Å². The van der Waals surface area contributed by atoms with Crippen molar-refractivity contribution >= 4 is 0 Å². The zero-order chi connectivity index (χ0) is 20.4. The van der Waals surface area contributed by atoms with E-state index in [1.165, 1.54) is 11.1 Å². The van der Waals surface area contributed by atoms with E-state index in [1.54, 1.807) is 0 Å². The molecule has 0 unspecified atom stereocenters. The SMILES string of the molecule is CCCc1ccc(COCC/C=C/CCN2C[C@H](O)[C@@H](O)[C@H](O)[C@@H](O)C2)cc1. The van der Waals surface area contributed by atoms with Gasteiger partial charge in [0.15, 0.2) is 0 Å². The molecule has 4 atom stereocenters. The molecule has 0 amide bonds. The van der Waals surface area contributed by atoms with Crippen molar-refractivity contribution in [3.05, 3.63) is 47.5 Å². The van der Waals surface area contributed by atoms with Gasteiger partial charge < -0.3 is 25.2 Å². The van der Waals surface area contributed by atoms with Gasteiger partial charge in [0, 0.05) is 19.6 Å². The molecule has 2 rings (SSSR count). The van der Waals surface area contributed by atoms with Crippen molar-refractivity contribution in [2.75, 3.05) is 26.2 Å². The van der Waals surface area contributed by atoms with E-state index in [-0.39, 0.29) is 13.1 Å². The maximum Gasteiger partial charge on any atom is 0.110 e. The van der Waals surface area contributed by atoms with E-state index in [0.29, 0.717) is 19.8 Å². The number of nitrogens with zero attached hydrogens (tertiary/aromatic N) is 1. The molecule has 1 aliphatic heterocycles. The van der Waals surface area contributed by atoms with Crippen LogP contribution in [0.5, 0.6) is 0 Å². The van der Waals surface area contributed by atoms with Gasteiger partial charge in [0.05, 0.1) is 25.4 Å². The predicted octanol–water partition coefficient (Wildman–Crippen LogP) is 1.25. The standard InChI is InChI=1S/C22H35NO5/c1-2-7-17-8-10-18(11-9-17)16-28-13-6-4-3-5-12-23-14-19(24)21(26)22(27)20(25)15-23/h3-4,8-11,19-22,24-27H,2,5-7,12-16H2,1H3/b4-3+/t19-,20-,21+,22+/m0/s1. The van der Waals surface area contributed by atoms with Crippen LogP contribution < -0.4 is 0 Å². The average molecular weight is 394 g/mol. The van der Waals surface area contributed by atoms with Gasteiger partial charge in [-0.3, -0.25) is 4.90 Å². The van der Waals surface area contributed by atoms with E-state index in [1.807, 2.05) is 4.90 Å². The van der Waals surface area contributed by atoms with E-state index >= 15 is 0 Å². The summed E-state index contributed by atoms with van der Waals surface area (Å²) in [7, 11) is 0. The summed E-state index contributed by atoms with van der Waals surface area (Å²) in [6.07, 6.45) is 3.26. The van der Waals surface area contributed by atoms with Gasteiger partial charge in [-0.2, -0.15) is 0 Å². The summed E-state index contributed by atoms with van der Waals surface area (Å²) in [5.41, 5.74) is 2.55. The van der Waals surface area contributed by atoms with Crippen LogP contribution >= 0.6 is 0 Å². The lowest BCUT2D eigenvalue weighted by molar-refractivity contribution is -0.0894. The van der Waals surface area contributed by atoms with Crippen molar-refractivity contribution in [3.8, 4) is 0 Å². The zero-order valence-corrected chi connectivity index (χ0v) is 16.8. The molecule has 1 aromatic carbocycles. The minimum atomic E-state index is -1.31. The number of ether oxygens (including phenoxy) is 1. The number of hydrogen-bond acceptors (Lipinski definition) is 6. The molecule has 4 N–H and O–H groups in total. The van der Waals surface area contributed by atoms with Gasteiger partial charge in [0.25, 0.3) is 0 Å². The maximum absolute atomic E-state index is 9.85. The Balaban J connectivity index is 1.58. The van der Waals surface area contributed by atoms with Crippen LogP contribution in [0.3, 0.4) is 0 Å². The highest BCUT2D eigenvalue weighted by atomic mass is 16.5. The first-order chi connectivity index (χ1) is 13.5. The van der Waals surface area contributed by atoms with Gasteiger partial charge in [0.2, 0.25) is 0 Å². The van der Waals surface area contributed by atoms with E-state index in [2.05, 4.69) is 43.3 Å². The van der Waals surface area contributed by atoms with Gasteiger partial charge in [-0.1, -0.05) is 49.8 Å². The van der Waals surface area contributed by atoms with Gasteiger partial charge in [-0.25, -0.2) is 0 Å². The summed E-state index contributed by atoms with van der Waals surface area (Å²) < 4.78 is 5.70. The summed E-state index contributed by atoms with van der Waals surface area (Å²) >= 11 is 0. The molecule has 0 saturated carbocycles. The second-order valence-electron chi connectivity index (χ2n) is 7.54. The number of benzene rings is 1. The second kappa shape index (κ2) is 12.3. The fourth-order valence-corrected chi connectivity index (χ4v) is 3.38. The fraction of sp³-hybridized carbons (Fsp3) is 0.636. The Morgan fingerprint density at radius 1 is 0.929 bits per heavy atom. The first kappa shape index (κ1) is 23.0. The van der Waals surface area contributed by atoms with Crippen molar-refractivity contribution in [2.45, 2.75) is 63.6 Å². The number of rotatable bonds is 10. The lowest BCUT2D eigenvalue weighted by atomic mass is 10.1. The zero-order valence-electron chi connectivity index (χ0n) is 16.8. The molecule has 0 aliphatic carbocycles. The molecule has 1 aliphatic rings. The highest BCUT2D eigenvalue weighted by Gasteiger charge is 2.35. The van der Waals surface area contributed by atoms with Crippen molar-refractivity contribution < 1.29 is 25.2 Å². The van der Waals surface area contributed by atoms with Crippen LogP contribution in [0.25, 0.3) is 0 Å². The van der Waals surface area contributed by atoms with Crippen LogP contribution in [0.2, 0.25) is 0 Å². The van der Waals surface area contributed by atoms with Gasteiger partial charge >= 0.3 is 0 Å². The predicted molar refractivity (Wildman–Crippen MR) is 109 cm³/mol. The van der Waals surface area contributed by atoms with E-state index in [9.17, 15) is 20.4 Å². The Hall–Kier alpha value is -1.28. The Morgan fingerprint density at radius 2 is 1.50 bits per heavy atom. The molecule has 0 bridgehead atoms. The van der Waals surface area contributed by atoms with Crippen LogP contribution in [0.15, 0.2) is 36.4 Å². The van der Waals surface area contributed by atoms with E-state index in [4.69, 9.17) is 4.74 Å². The first-order valence-corrected chi connectivity index (χ1v) is 10.3. The summed E-state index contributed by atoms with van der Waals surface area (Å²) in [6, 6.07) is 8.57. The average Bonchev–Trinajstić information content (AvgIpc) is 2.77. The van der Waals surface area contributed by atoms with Crippen molar-refractivity contribution in [2.24, 2.45) is 0 Å². The Kier molecular flexibility index (Phi) is 10.1.